The molecule has 1 unspecified atom stereocenters. The molecule has 0 aliphatic rings. The molecule has 2 nitrogen and oxygen atoms in total. The van der Waals surface area contributed by atoms with E-state index < -0.39 is 0 Å². The Bertz CT molecular complexity index is 277. The predicted molar refractivity (Wildman–Crippen MR) is 67.0 cm³/mol. The molecule has 1 rings (SSSR count). The van der Waals surface area contributed by atoms with E-state index in [4.69, 9.17) is 16.3 Å². The summed E-state index contributed by atoms with van der Waals surface area (Å²) in [6.07, 6.45) is 3.29. The fourth-order valence-corrected chi connectivity index (χ4v) is 2.69. The molecular weight excluding hydrogens is 230 g/mol. The van der Waals surface area contributed by atoms with Crippen LogP contribution in [0.1, 0.15) is 17.7 Å². The van der Waals surface area contributed by atoms with Gasteiger partial charge in [0.25, 0.3) is 0 Å². The van der Waals surface area contributed by atoms with Gasteiger partial charge in [-0.1, -0.05) is 11.6 Å². The van der Waals surface area contributed by atoms with Gasteiger partial charge in [0.15, 0.2) is 0 Å². The summed E-state index contributed by atoms with van der Waals surface area (Å²) >= 11 is 7.56. The molecule has 0 spiro atoms. The Morgan fingerprint density at radius 1 is 1.53 bits per heavy atom. The van der Waals surface area contributed by atoms with Gasteiger partial charge in [0.1, 0.15) is 0 Å². The molecule has 1 aromatic rings. The molecule has 1 N–H and O–H groups in total. The predicted octanol–water partition coefficient (Wildman–Crippen LogP) is 2.96. The summed E-state index contributed by atoms with van der Waals surface area (Å²) in [6, 6.07) is 4.59. The third-order valence-electron chi connectivity index (χ3n) is 2.39. The maximum atomic E-state index is 5.89. The Kier molecular flexibility index (Phi) is 6.25. The van der Waals surface area contributed by atoms with E-state index in [1.54, 1.807) is 18.4 Å². The Hall–Kier alpha value is -0.0900. The van der Waals surface area contributed by atoms with Crippen molar-refractivity contribution >= 4 is 22.9 Å². The lowest BCUT2D eigenvalue weighted by Crippen LogP contribution is -2.27. The summed E-state index contributed by atoms with van der Waals surface area (Å²) in [5.74, 6) is 0. The van der Waals surface area contributed by atoms with Crippen LogP contribution in [0.4, 0.5) is 0 Å². The molecule has 1 aromatic heterocycles. The third kappa shape index (κ3) is 4.98. The molecule has 0 amide bonds. The maximum Gasteiger partial charge on any atom is 0.0931 e. The van der Waals surface area contributed by atoms with Crippen LogP contribution in [0.2, 0.25) is 4.34 Å². The van der Waals surface area contributed by atoms with Crippen molar-refractivity contribution in [3.8, 4) is 0 Å². The summed E-state index contributed by atoms with van der Waals surface area (Å²) < 4.78 is 5.92. The minimum Gasteiger partial charge on any atom is -0.385 e. The van der Waals surface area contributed by atoms with E-state index in [0.717, 1.165) is 30.2 Å². The van der Waals surface area contributed by atoms with Gasteiger partial charge in [-0.05, 0) is 38.4 Å². The Labute approximate surface area is 101 Å². The van der Waals surface area contributed by atoms with Crippen LogP contribution in [0.25, 0.3) is 0 Å². The third-order valence-corrected chi connectivity index (χ3v) is 3.64. The van der Waals surface area contributed by atoms with Crippen LogP contribution in [0, 0.1) is 0 Å². The topological polar surface area (TPSA) is 21.3 Å². The summed E-state index contributed by atoms with van der Waals surface area (Å²) in [4.78, 5) is 1.34. The molecule has 0 fully saturated rings. The van der Waals surface area contributed by atoms with Crippen molar-refractivity contribution in [3.05, 3.63) is 21.3 Å². The van der Waals surface area contributed by atoms with Gasteiger partial charge in [-0.3, -0.25) is 0 Å². The number of likely N-dealkylation sites (N-methyl/N-ethyl adjacent to an activating group) is 1. The molecule has 86 valence electrons. The highest BCUT2D eigenvalue weighted by Gasteiger charge is 2.08. The standard InChI is InChI=1S/C11H18ClNOS/c1-13-9(4-3-7-14-2)8-10-5-6-11(12)15-10/h5-6,9,13H,3-4,7-8H2,1-2H3. The molecule has 0 aliphatic heterocycles. The molecule has 15 heavy (non-hydrogen) atoms. The van der Waals surface area contributed by atoms with E-state index in [2.05, 4.69) is 11.4 Å². The molecular formula is C11H18ClNOS. The second kappa shape index (κ2) is 7.23. The van der Waals surface area contributed by atoms with E-state index >= 15 is 0 Å². The number of ether oxygens (including phenoxy) is 1. The Morgan fingerprint density at radius 2 is 2.33 bits per heavy atom. The van der Waals surface area contributed by atoms with Crippen molar-refractivity contribution in [2.45, 2.75) is 25.3 Å². The zero-order valence-electron chi connectivity index (χ0n) is 9.25. The van der Waals surface area contributed by atoms with Crippen molar-refractivity contribution in [2.24, 2.45) is 0 Å². The highest BCUT2D eigenvalue weighted by molar-refractivity contribution is 7.16. The van der Waals surface area contributed by atoms with Crippen LogP contribution in [0.5, 0.6) is 0 Å². The Balaban J connectivity index is 2.33. The van der Waals surface area contributed by atoms with Crippen molar-refractivity contribution in [1.82, 2.24) is 5.32 Å². The van der Waals surface area contributed by atoms with Gasteiger partial charge in [0.2, 0.25) is 0 Å². The number of hydrogen-bond donors (Lipinski definition) is 1. The van der Waals surface area contributed by atoms with E-state index in [0.29, 0.717) is 6.04 Å². The second-order valence-corrected chi connectivity index (χ2v) is 5.33. The first-order chi connectivity index (χ1) is 7.26. The number of thiophene rings is 1. The zero-order chi connectivity index (χ0) is 11.1. The lowest BCUT2D eigenvalue weighted by atomic mass is 10.1. The van der Waals surface area contributed by atoms with Gasteiger partial charge in [-0.15, -0.1) is 11.3 Å². The lowest BCUT2D eigenvalue weighted by molar-refractivity contribution is 0.189. The first-order valence-electron chi connectivity index (χ1n) is 5.16. The molecule has 0 saturated carbocycles. The van der Waals surface area contributed by atoms with Crippen LogP contribution in [-0.4, -0.2) is 26.8 Å². The van der Waals surface area contributed by atoms with Crippen LogP contribution < -0.4 is 5.32 Å². The highest BCUT2D eigenvalue weighted by Crippen LogP contribution is 2.23. The molecule has 0 radical (unpaired) electrons. The van der Waals surface area contributed by atoms with Gasteiger partial charge in [0, 0.05) is 24.6 Å². The van der Waals surface area contributed by atoms with Crippen LogP contribution in [-0.2, 0) is 11.2 Å². The monoisotopic (exact) mass is 247 g/mol. The molecule has 1 atom stereocenters. The number of nitrogens with one attached hydrogen (secondary N) is 1. The summed E-state index contributed by atoms with van der Waals surface area (Å²) in [5.41, 5.74) is 0. The Morgan fingerprint density at radius 3 is 2.87 bits per heavy atom. The first kappa shape index (κ1) is 13.0. The van der Waals surface area contributed by atoms with Gasteiger partial charge in [-0.2, -0.15) is 0 Å². The molecule has 0 saturated heterocycles. The van der Waals surface area contributed by atoms with Crippen LogP contribution in [0.15, 0.2) is 12.1 Å². The lowest BCUT2D eigenvalue weighted by Gasteiger charge is -2.14. The van der Waals surface area contributed by atoms with Gasteiger partial charge in [0.05, 0.1) is 4.34 Å². The molecule has 0 bridgehead atoms. The summed E-state index contributed by atoms with van der Waals surface area (Å²) in [7, 11) is 3.75. The second-order valence-electron chi connectivity index (χ2n) is 3.53. The minimum absolute atomic E-state index is 0.523. The van der Waals surface area contributed by atoms with Crippen LogP contribution >= 0.6 is 22.9 Å². The summed E-state index contributed by atoms with van der Waals surface area (Å²) in [6.45, 7) is 0.837. The maximum absolute atomic E-state index is 5.89. The number of rotatable bonds is 7. The molecule has 0 aromatic carbocycles. The van der Waals surface area contributed by atoms with E-state index in [-0.39, 0.29) is 0 Å². The number of halogens is 1. The van der Waals surface area contributed by atoms with E-state index in [1.165, 1.54) is 4.88 Å². The van der Waals surface area contributed by atoms with E-state index in [9.17, 15) is 0 Å². The van der Waals surface area contributed by atoms with Crippen molar-refractivity contribution in [1.29, 1.82) is 0 Å². The van der Waals surface area contributed by atoms with Gasteiger partial charge >= 0.3 is 0 Å². The SMILES string of the molecule is CNC(CCCOC)Cc1ccc(Cl)s1. The van der Waals surface area contributed by atoms with Crippen molar-refractivity contribution < 1.29 is 4.74 Å². The van der Waals surface area contributed by atoms with Gasteiger partial charge in [-0.25, -0.2) is 0 Å². The zero-order valence-corrected chi connectivity index (χ0v) is 10.8. The smallest absolute Gasteiger partial charge is 0.0931 e. The largest absolute Gasteiger partial charge is 0.385 e. The average molecular weight is 248 g/mol. The quantitative estimate of drug-likeness (QED) is 0.748. The average Bonchev–Trinajstić information content (AvgIpc) is 2.63. The first-order valence-corrected chi connectivity index (χ1v) is 6.36. The minimum atomic E-state index is 0.523. The van der Waals surface area contributed by atoms with E-state index in [1.807, 2.05) is 13.1 Å². The highest BCUT2D eigenvalue weighted by atomic mass is 35.5. The molecule has 0 aliphatic carbocycles. The van der Waals surface area contributed by atoms with Crippen molar-refractivity contribution in [3.63, 3.8) is 0 Å². The fourth-order valence-electron chi connectivity index (χ4n) is 1.53. The fraction of sp³-hybridized carbons (Fsp3) is 0.636. The number of hydrogen-bond acceptors (Lipinski definition) is 3. The van der Waals surface area contributed by atoms with Gasteiger partial charge < -0.3 is 10.1 Å². The molecule has 1 heterocycles. The normalized spacial score (nSPS) is 13.0. The number of methoxy groups -OCH3 is 1. The molecule has 4 heteroatoms. The van der Waals surface area contributed by atoms with Crippen LogP contribution in [0.3, 0.4) is 0 Å². The summed E-state index contributed by atoms with van der Waals surface area (Å²) in [5, 5.41) is 3.33. The van der Waals surface area contributed by atoms with Crippen molar-refractivity contribution in [2.75, 3.05) is 20.8 Å².